The third-order valence-electron chi connectivity index (χ3n) is 5.81. The van der Waals surface area contributed by atoms with Crippen molar-refractivity contribution in [1.82, 2.24) is 14.1 Å². The molecule has 0 fully saturated rings. The summed E-state index contributed by atoms with van der Waals surface area (Å²) in [5, 5.41) is 0. The Bertz CT molecular complexity index is 1610. The van der Waals surface area contributed by atoms with Gasteiger partial charge in [0.15, 0.2) is 17.4 Å². The molecule has 0 aliphatic rings. The lowest BCUT2D eigenvalue weighted by Gasteiger charge is -2.19. The number of methoxy groups -OCH3 is 1. The molecule has 0 saturated carbocycles. The Kier molecular flexibility index (Phi) is 6.85. The number of pyridine rings is 1. The van der Waals surface area contributed by atoms with E-state index in [0.29, 0.717) is 34.6 Å². The van der Waals surface area contributed by atoms with Crippen LogP contribution < -0.4 is 15.2 Å². The summed E-state index contributed by atoms with van der Waals surface area (Å²) >= 11 is 0. The van der Waals surface area contributed by atoms with Crippen molar-refractivity contribution in [3.05, 3.63) is 76.3 Å². The lowest BCUT2D eigenvalue weighted by Crippen LogP contribution is -2.31. The number of imidazole rings is 1. The maximum Gasteiger partial charge on any atom is 0.329 e. The van der Waals surface area contributed by atoms with Gasteiger partial charge in [0.05, 0.1) is 42.2 Å². The normalized spacial score (nSPS) is 12.6. The Hall–Kier alpha value is -3.73. The van der Waals surface area contributed by atoms with Crippen LogP contribution in [-0.2, 0) is 16.9 Å². The number of rotatable bonds is 8. The zero-order valence-electron chi connectivity index (χ0n) is 20.2. The van der Waals surface area contributed by atoms with Crippen molar-refractivity contribution in [2.75, 3.05) is 25.7 Å². The molecule has 0 bridgehead atoms. The topological polar surface area (TPSA) is 92.4 Å². The summed E-state index contributed by atoms with van der Waals surface area (Å²) in [6.45, 7) is 2.08. The molecular formula is C25H25F2N3O5S. The van der Waals surface area contributed by atoms with Crippen LogP contribution in [0, 0.1) is 11.6 Å². The molecule has 0 saturated heterocycles. The molecule has 1 unspecified atom stereocenters. The van der Waals surface area contributed by atoms with Crippen molar-refractivity contribution in [3.8, 4) is 22.8 Å². The van der Waals surface area contributed by atoms with Crippen LogP contribution in [-0.4, -0.2) is 48.3 Å². The van der Waals surface area contributed by atoms with E-state index in [2.05, 4.69) is 4.98 Å². The average Bonchev–Trinajstić information content (AvgIpc) is 3.08. The summed E-state index contributed by atoms with van der Waals surface area (Å²) in [5.74, 6) is -1.85. The number of hydrogen-bond acceptors (Lipinski definition) is 6. The van der Waals surface area contributed by atoms with Gasteiger partial charge in [-0.05, 0) is 42.8 Å². The second-order valence-electron chi connectivity index (χ2n) is 8.30. The van der Waals surface area contributed by atoms with Gasteiger partial charge in [0, 0.05) is 18.9 Å². The number of sulfone groups is 1. The first-order valence-corrected chi connectivity index (χ1v) is 13.1. The minimum Gasteiger partial charge on any atom is -0.491 e. The van der Waals surface area contributed by atoms with Crippen LogP contribution in [0.3, 0.4) is 0 Å². The van der Waals surface area contributed by atoms with Gasteiger partial charge in [-0.1, -0.05) is 18.2 Å². The zero-order chi connectivity index (χ0) is 26.2. The van der Waals surface area contributed by atoms with Gasteiger partial charge in [-0.15, -0.1) is 0 Å². The van der Waals surface area contributed by atoms with Gasteiger partial charge in [-0.2, -0.15) is 0 Å². The van der Waals surface area contributed by atoms with Crippen molar-refractivity contribution in [1.29, 1.82) is 0 Å². The molecule has 2 heterocycles. The average molecular weight is 518 g/mol. The van der Waals surface area contributed by atoms with Crippen molar-refractivity contribution in [2.45, 2.75) is 13.0 Å². The third-order valence-corrected chi connectivity index (χ3v) is 6.73. The standard InChI is InChI=1S/C25H25F2N3O5S/c1-5-35-24-22(34-3)12-10-18(28-24)21(14-36(4,32)33)30-19-11-9-15(13-20(19)29(2)25(30)31)16-7-6-8-17(26)23(16)27/h6-13,21H,5,14H2,1-4H3. The van der Waals surface area contributed by atoms with Crippen molar-refractivity contribution < 1.29 is 26.7 Å². The van der Waals surface area contributed by atoms with Crippen LogP contribution in [0.25, 0.3) is 22.2 Å². The van der Waals surface area contributed by atoms with Gasteiger partial charge in [0.1, 0.15) is 9.84 Å². The van der Waals surface area contributed by atoms with E-state index in [9.17, 15) is 22.0 Å². The molecule has 36 heavy (non-hydrogen) atoms. The molecular weight excluding hydrogens is 492 g/mol. The van der Waals surface area contributed by atoms with E-state index in [1.54, 1.807) is 37.3 Å². The van der Waals surface area contributed by atoms with Gasteiger partial charge in [0.25, 0.3) is 5.88 Å². The van der Waals surface area contributed by atoms with E-state index in [1.165, 1.54) is 35.4 Å². The summed E-state index contributed by atoms with van der Waals surface area (Å²) < 4.78 is 66.5. The minimum absolute atomic E-state index is 0.0444. The predicted octanol–water partition coefficient (Wildman–Crippen LogP) is 3.72. The first-order chi connectivity index (χ1) is 17.1. The Morgan fingerprint density at radius 3 is 2.50 bits per heavy atom. The second-order valence-corrected chi connectivity index (χ2v) is 10.5. The van der Waals surface area contributed by atoms with Crippen LogP contribution in [0.2, 0.25) is 0 Å². The third kappa shape index (κ3) is 4.70. The smallest absolute Gasteiger partial charge is 0.329 e. The molecule has 190 valence electrons. The summed E-state index contributed by atoms with van der Waals surface area (Å²) in [4.78, 5) is 17.9. The summed E-state index contributed by atoms with van der Waals surface area (Å²) in [5.41, 5.74) is 1.03. The highest BCUT2D eigenvalue weighted by molar-refractivity contribution is 7.90. The number of halogens is 2. The molecule has 0 spiro atoms. The van der Waals surface area contributed by atoms with Gasteiger partial charge in [0.2, 0.25) is 0 Å². The second kappa shape index (κ2) is 9.73. The van der Waals surface area contributed by atoms with Crippen LogP contribution in [0.1, 0.15) is 18.7 Å². The lowest BCUT2D eigenvalue weighted by molar-refractivity contribution is 0.296. The number of aryl methyl sites for hydroxylation is 1. The molecule has 2 aromatic carbocycles. The number of benzene rings is 2. The van der Waals surface area contributed by atoms with Crippen LogP contribution >= 0.6 is 0 Å². The highest BCUT2D eigenvalue weighted by Gasteiger charge is 2.27. The van der Waals surface area contributed by atoms with Gasteiger partial charge in [-0.25, -0.2) is 27.0 Å². The number of ether oxygens (including phenoxy) is 2. The van der Waals surface area contributed by atoms with E-state index >= 15 is 0 Å². The lowest BCUT2D eigenvalue weighted by atomic mass is 10.0. The molecule has 11 heteroatoms. The zero-order valence-corrected chi connectivity index (χ0v) is 21.0. The monoisotopic (exact) mass is 517 g/mol. The SMILES string of the molecule is CCOc1nc(C(CS(C)(=O)=O)n2c(=O)n(C)c3cc(-c4cccc(F)c4F)ccc32)ccc1OC. The Morgan fingerprint density at radius 1 is 1.08 bits per heavy atom. The maximum atomic E-state index is 14.4. The molecule has 0 radical (unpaired) electrons. The van der Waals surface area contributed by atoms with E-state index in [-0.39, 0.29) is 11.4 Å². The van der Waals surface area contributed by atoms with E-state index in [0.717, 1.165) is 12.3 Å². The molecule has 4 rings (SSSR count). The number of nitrogens with zero attached hydrogens (tertiary/aromatic N) is 3. The number of hydrogen-bond donors (Lipinski definition) is 0. The Labute approximate surface area is 206 Å². The van der Waals surface area contributed by atoms with Gasteiger partial charge >= 0.3 is 5.69 Å². The van der Waals surface area contributed by atoms with E-state index < -0.39 is 39.0 Å². The number of fused-ring (bicyclic) bond motifs is 1. The first-order valence-electron chi connectivity index (χ1n) is 11.1. The largest absolute Gasteiger partial charge is 0.491 e. The van der Waals surface area contributed by atoms with Gasteiger partial charge < -0.3 is 9.47 Å². The Balaban J connectivity index is 1.94. The van der Waals surface area contributed by atoms with Gasteiger partial charge in [-0.3, -0.25) is 9.13 Å². The quantitative estimate of drug-likeness (QED) is 0.354. The van der Waals surface area contributed by atoms with Crippen molar-refractivity contribution in [3.63, 3.8) is 0 Å². The molecule has 0 N–H and O–H groups in total. The van der Waals surface area contributed by atoms with Crippen molar-refractivity contribution >= 4 is 20.9 Å². The number of aromatic nitrogens is 3. The maximum absolute atomic E-state index is 14.4. The summed E-state index contributed by atoms with van der Waals surface area (Å²) in [6.07, 6.45) is 1.08. The van der Waals surface area contributed by atoms with Crippen LogP contribution in [0.5, 0.6) is 11.6 Å². The molecule has 8 nitrogen and oxygen atoms in total. The van der Waals surface area contributed by atoms with Crippen molar-refractivity contribution in [2.24, 2.45) is 7.05 Å². The molecule has 0 aliphatic carbocycles. The molecule has 0 amide bonds. The van der Waals surface area contributed by atoms with E-state index in [4.69, 9.17) is 9.47 Å². The minimum atomic E-state index is -3.57. The van der Waals surface area contributed by atoms with E-state index in [1.807, 2.05) is 0 Å². The highest BCUT2D eigenvalue weighted by Crippen LogP contribution is 2.32. The molecule has 2 aromatic heterocycles. The molecule has 0 aliphatic heterocycles. The molecule has 4 aromatic rings. The fraction of sp³-hybridized carbons (Fsp3) is 0.280. The fourth-order valence-corrected chi connectivity index (χ4v) is 5.05. The first kappa shape index (κ1) is 25.4. The highest BCUT2D eigenvalue weighted by atomic mass is 32.2. The summed E-state index contributed by atoms with van der Waals surface area (Å²) in [7, 11) is -0.585. The fourth-order valence-electron chi connectivity index (χ4n) is 4.16. The van der Waals surface area contributed by atoms with Crippen LogP contribution in [0.4, 0.5) is 8.78 Å². The molecule has 1 atom stereocenters. The summed E-state index contributed by atoms with van der Waals surface area (Å²) in [6, 6.07) is 10.8. The Morgan fingerprint density at radius 2 is 1.83 bits per heavy atom. The predicted molar refractivity (Wildman–Crippen MR) is 132 cm³/mol. The van der Waals surface area contributed by atoms with Crippen LogP contribution in [0.15, 0.2) is 53.3 Å².